The van der Waals surface area contributed by atoms with Crippen molar-refractivity contribution in [2.24, 2.45) is 0 Å². The van der Waals surface area contributed by atoms with Gasteiger partial charge in [-0.1, -0.05) is 0 Å². The third-order valence-corrected chi connectivity index (χ3v) is 4.52. The van der Waals surface area contributed by atoms with Gasteiger partial charge in [0.15, 0.2) is 5.69 Å². The number of amides is 1. The van der Waals surface area contributed by atoms with E-state index in [0.29, 0.717) is 31.2 Å². The topological polar surface area (TPSA) is 68.0 Å². The van der Waals surface area contributed by atoms with Crippen LogP contribution >= 0.6 is 0 Å². The quantitative estimate of drug-likeness (QED) is 0.670. The summed E-state index contributed by atoms with van der Waals surface area (Å²) in [6.45, 7) is 7.87. The maximum atomic E-state index is 12.2. The summed E-state index contributed by atoms with van der Waals surface area (Å²) >= 11 is 0. The van der Waals surface area contributed by atoms with Crippen LogP contribution in [0, 0.1) is 0 Å². The lowest BCUT2D eigenvalue weighted by Gasteiger charge is -2.26. The lowest BCUT2D eigenvalue weighted by Crippen LogP contribution is -2.30. The number of oxazole rings is 1. The van der Waals surface area contributed by atoms with E-state index in [1.54, 1.807) is 26.2 Å². The van der Waals surface area contributed by atoms with Gasteiger partial charge in [-0.3, -0.25) is 9.69 Å². The average molecular weight is 375 g/mol. The van der Waals surface area contributed by atoms with Gasteiger partial charge in [0, 0.05) is 31.7 Å². The van der Waals surface area contributed by atoms with Crippen LogP contribution in [0.4, 0.5) is 0 Å². The predicted molar refractivity (Wildman–Crippen MR) is 103 cm³/mol. The number of rotatable bonds is 9. The molecule has 0 aliphatic heterocycles. The highest BCUT2D eigenvalue weighted by molar-refractivity contribution is 5.91. The molecule has 0 fully saturated rings. The Bertz CT molecular complexity index is 757. The van der Waals surface area contributed by atoms with Gasteiger partial charge in [0.2, 0.25) is 5.89 Å². The van der Waals surface area contributed by atoms with Crippen LogP contribution in [0.15, 0.2) is 28.9 Å². The Balaban J connectivity index is 2.18. The predicted octanol–water partition coefficient (Wildman–Crippen LogP) is 3.19. The Morgan fingerprint density at radius 2 is 1.96 bits per heavy atom. The van der Waals surface area contributed by atoms with Gasteiger partial charge in [-0.15, -0.1) is 0 Å². The first-order valence-corrected chi connectivity index (χ1v) is 9.04. The van der Waals surface area contributed by atoms with Gasteiger partial charge >= 0.3 is 0 Å². The number of hydrogen-bond acceptors (Lipinski definition) is 6. The Hall–Kier alpha value is -2.54. The number of ether oxygens (including phenoxy) is 2. The van der Waals surface area contributed by atoms with Crippen molar-refractivity contribution >= 4 is 5.91 Å². The van der Waals surface area contributed by atoms with Gasteiger partial charge in [-0.25, -0.2) is 4.98 Å². The van der Waals surface area contributed by atoms with E-state index in [0.717, 1.165) is 17.1 Å². The Morgan fingerprint density at radius 1 is 1.22 bits per heavy atom. The van der Waals surface area contributed by atoms with Crippen molar-refractivity contribution in [3.05, 3.63) is 41.6 Å². The van der Waals surface area contributed by atoms with Crippen LogP contribution in [-0.4, -0.2) is 54.5 Å². The highest BCUT2D eigenvalue weighted by Crippen LogP contribution is 2.26. The van der Waals surface area contributed by atoms with E-state index in [1.165, 1.54) is 6.26 Å². The molecule has 7 nitrogen and oxygen atoms in total. The fraction of sp³-hybridized carbons (Fsp3) is 0.500. The van der Waals surface area contributed by atoms with Crippen LogP contribution < -0.4 is 9.47 Å². The lowest BCUT2D eigenvalue weighted by molar-refractivity contribution is 0.0796. The standard InChI is InChI=1S/C20H29N3O4/c1-7-22(4)20(24)17-13-27-19(21-17)12-23(14(2)3)11-15-10-16(25-5)8-9-18(15)26-6/h8-10,13-14H,7,11-12H2,1-6H3. The van der Waals surface area contributed by atoms with Gasteiger partial charge < -0.3 is 18.8 Å². The van der Waals surface area contributed by atoms with Crippen molar-refractivity contribution in [1.29, 1.82) is 0 Å². The van der Waals surface area contributed by atoms with E-state index in [-0.39, 0.29) is 11.9 Å². The summed E-state index contributed by atoms with van der Waals surface area (Å²) in [5, 5.41) is 0. The number of methoxy groups -OCH3 is 2. The Kier molecular flexibility index (Phi) is 7.24. The molecule has 7 heteroatoms. The monoisotopic (exact) mass is 375 g/mol. The normalized spacial score (nSPS) is 11.1. The molecule has 1 amide bonds. The smallest absolute Gasteiger partial charge is 0.275 e. The van der Waals surface area contributed by atoms with Gasteiger partial charge in [-0.2, -0.15) is 0 Å². The largest absolute Gasteiger partial charge is 0.497 e. The Morgan fingerprint density at radius 3 is 2.56 bits per heavy atom. The van der Waals surface area contributed by atoms with E-state index >= 15 is 0 Å². The van der Waals surface area contributed by atoms with Crippen LogP contribution in [0.25, 0.3) is 0 Å². The first-order valence-electron chi connectivity index (χ1n) is 9.04. The van der Waals surface area contributed by atoms with Gasteiger partial charge in [0.05, 0.1) is 20.8 Å². The molecule has 27 heavy (non-hydrogen) atoms. The number of carbonyl (C=O) groups is 1. The molecular weight excluding hydrogens is 346 g/mol. The summed E-state index contributed by atoms with van der Waals surface area (Å²) in [6, 6.07) is 5.98. The van der Waals surface area contributed by atoms with Crippen LogP contribution in [0.2, 0.25) is 0 Å². The van der Waals surface area contributed by atoms with Gasteiger partial charge in [0.25, 0.3) is 5.91 Å². The van der Waals surface area contributed by atoms with E-state index in [4.69, 9.17) is 13.9 Å². The van der Waals surface area contributed by atoms with Crippen molar-refractivity contribution in [3.63, 3.8) is 0 Å². The highest BCUT2D eigenvalue weighted by Gasteiger charge is 2.20. The molecule has 0 N–H and O–H groups in total. The molecule has 0 saturated carbocycles. The summed E-state index contributed by atoms with van der Waals surface area (Å²) in [5.41, 5.74) is 1.34. The van der Waals surface area contributed by atoms with E-state index in [1.807, 2.05) is 25.1 Å². The maximum absolute atomic E-state index is 12.2. The van der Waals surface area contributed by atoms with Crippen LogP contribution in [0.1, 0.15) is 42.7 Å². The molecule has 148 valence electrons. The molecular formula is C20H29N3O4. The third-order valence-electron chi connectivity index (χ3n) is 4.52. The highest BCUT2D eigenvalue weighted by atomic mass is 16.5. The number of carbonyl (C=O) groups excluding carboxylic acids is 1. The molecule has 0 atom stereocenters. The molecule has 0 bridgehead atoms. The number of nitrogens with zero attached hydrogens (tertiary/aromatic N) is 3. The van der Waals surface area contributed by atoms with Crippen molar-refractivity contribution in [2.45, 2.75) is 39.9 Å². The SMILES string of the molecule is CCN(C)C(=O)c1coc(CN(Cc2cc(OC)ccc2OC)C(C)C)n1. The first-order chi connectivity index (χ1) is 12.9. The zero-order valence-corrected chi connectivity index (χ0v) is 17.0. The lowest BCUT2D eigenvalue weighted by atomic mass is 10.1. The van der Waals surface area contributed by atoms with Crippen molar-refractivity contribution in [2.75, 3.05) is 27.8 Å². The van der Waals surface area contributed by atoms with Crippen LogP contribution in [0.3, 0.4) is 0 Å². The first kappa shape index (κ1) is 20.8. The van der Waals surface area contributed by atoms with Crippen molar-refractivity contribution in [1.82, 2.24) is 14.8 Å². The molecule has 1 heterocycles. The summed E-state index contributed by atoms with van der Waals surface area (Å²) in [7, 11) is 5.04. The number of aromatic nitrogens is 1. The Labute approximate surface area is 160 Å². The molecule has 0 saturated heterocycles. The fourth-order valence-electron chi connectivity index (χ4n) is 2.64. The summed E-state index contributed by atoms with van der Waals surface area (Å²) in [4.78, 5) is 20.4. The molecule has 1 aromatic heterocycles. The van der Waals surface area contributed by atoms with Crippen molar-refractivity contribution in [3.8, 4) is 11.5 Å². The summed E-state index contributed by atoms with van der Waals surface area (Å²) in [5.74, 6) is 1.95. The minimum Gasteiger partial charge on any atom is -0.497 e. The second kappa shape index (κ2) is 9.41. The molecule has 1 aromatic carbocycles. The molecule has 0 aliphatic carbocycles. The minimum absolute atomic E-state index is 0.141. The molecule has 2 aromatic rings. The zero-order chi connectivity index (χ0) is 20.0. The van der Waals surface area contributed by atoms with Gasteiger partial charge in [-0.05, 0) is 39.0 Å². The number of hydrogen-bond donors (Lipinski definition) is 0. The summed E-state index contributed by atoms with van der Waals surface area (Å²) in [6.07, 6.45) is 1.43. The molecule has 0 spiro atoms. The third kappa shape index (κ3) is 5.23. The maximum Gasteiger partial charge on any atom is 0.275 e. The molecule has 0 aliphatic rings. The van der Waals surface area contributed by atoms with E-state index in [9.17, 15) is 4.79 Å². The van der Waals surface area contributed by atoms with E-state index < -0.39 is 0 Å². The number of benzene rings is 1. The minimum atomic E-state index is -0.141. The van der Waals surface area contributed by atoms with Crippen LogP contribution in [0.5, 0.6) is 11.5 Å². The average Bonchev–Trinajstić information content (AvgIpc) is 3.14. The molecule has 0 radical (unpaired) electrons. The summed E-state index contributed by atoms with van der Waals surface area (Å²) < 4.78 is 16.4. The molecule has 2 rings (SSSR count). The van der Waals surface area contributed by atoms with Crippen LogP contribution in [-0.2, 0) is 13.1 Å². The second-order valence-corrected chi connectivity index (χ2v) is 6.62. The van der Waals surface area contributed by atoms with Gasteiger partial charge in [0.1, 0.15) is 17.8 Å². The second-order valence-electron chi connectivity index (χ2n) is 6.62. The fourth-order valence-corrected chi connectivity index (χ4v) is 2.64. The zero-order valence-electron chi connectivity index (χ0n) is 17.0. The van der Waals surface area contributed by atoms with E-state index in [2.05, 4.69) is 23.7 Å². The molecule has 0 unspecified atom stereocenters. The van der Waals surface area contributed by atoms with Crippen molar-refractivity contribution < 1.29 is 18.7 Å².